The number of nitrogens with zero attached hydrogens (tertiary/aromatic N) is 1. The van der Waals surface area contributed by atoms with Gasteiger partial charge in [-0.1, -0.05) is 31.9 Å². The molecular formula is C21H33NO2. The van der Waals surface area contributed by atoms with Gasteiger partial charge >= 0.3 is 5.97 Å². The highest BCUT2D eigenvalue weighted by Gasteiger charge is 2.55. The number of carbonyl (C=O) groups excluding carboxylic acids is 1. The molecule has 2 saturated heterocycles. The van der Waals surface area contributed by atoms with Crippen molar-refractivity contribution in [3.8, 4) is 0 Å². The average Bonchev–Trinajstić information content (AvgIpc) is 2.72. The zero-order chi connectivity index (χ0) is 16.7. The molecule has 3 nitrogen and oxygen atoms in total. The van der Waals surface area contributed by atoms with Crippen molar-refractivity contribution in [1.82, 2.24) is 4.90 Å². The smallest absolute Gasteiger partial charge is 0.310 e. The second-order valence-corrected chi connectivity index (χ2v) is 9.12. The summed E-state index contributed by atoms with van der Waals surface area (Å²) < 4.78 is 5.90. The topological polar surface area (TPSA) is 29.5 Å². The maximum Gasteiger partial charge on any atom is 0.310 e. The Balaban J connectivity index is 1.49. The molecule has 0 spiro atoms. The lowest BCUT2D eigenvalue weighted by molar-refractivity contribution is -0.146. The van der Waals surface area contributed by atoms with E-state index < -0.39 is 0 Å². The molecule has 4 fully saturated rings. The van der Waals surface area contributed by atoms with Gasteiger partial charge in [0.15, 0.2) is 0 Å². The molecule has 2 saturated carbocycles. The minimum atomic E-state index is 0.0853. The Morgan fingerprint density at radius 2 is 1.96 bits per heavy atom. The predicted molar refractivity (Wildman–Crippen MR) is 95.6 cm³/mol. The van der Waals surface area contributed by atoms with Crippen molar-refractivity contribution >= 4 is 5.97 Å². The average molecular weight is 332 g/mol. The van der Waals surface area contributed by atoms with Crippen LogP contribution in [0.2, 0.25) is 0 Å². The molecule has 0 unspecified atom stereocenters. The monoisotopic (exact) mass is 331 g/mol. The van der Waals surface area contributed by atoms with E-state index in [1.807, 2.05) is 0 Å². The van der Waals surface area contributed by atoms with E-state index in [2.05, 4.69) is 18.4 Å². The first-order valence-electron chi connectivity index (χ1n) is 10.2. The Morgan fingerprint density at radius 3 is 2.71 bits per heavy atom. The Kier molecular flexibility index (Phi) is 4.49. The van der Waals surface area contributed by atoms with Crippen LogP contribution < -0.4 is 0 Å². The van der Waals surface area contributed by atoms with E-state index in [0.29, 0.717) is 17.3 Å². The molecule has 0 aromatic carbocycles. The second-order valence-electron chi connectivity index (χ2n) is 9.12. The van der Waals surface area contributed by atoms with Crippen molar-refractivity contribution in [2.24, 2.45) is 23.2 Å². The fraction of sp³-hybridized carbons (Fsp3) is 0.857. The third-order valence-corrected chi connectivity index (χ3v) is 7.47. The zero-order valence-corrected chi connectivity index (χ0v) is 15.3. The summed E-state index contributed by atoms with van der Waals surface area (Å²) in [7, 11) is 0. The molecule has 24 heavy (non-hydrogen) atoms. The molecule has 4 rings (SSSR count). The predicted octanol–water partition coefficient (Wildman–Crippen LogP) is 4.18. The molecular weight excluding hydrogens is 298 g/mol. The van der Waals surface area contributed by atoms with Crippen LogP contribution in [0.3, 0.4) is 0 Å². The summed E-state index contributed by atoms with van der Waals surface area (Å²) in [5, 5.41) is 0. The number of fused-ring (bicyclic) bond motifs is 2. The number of rotatable bonds is 2. The van der Waals surface area contributed by atoms with Crippen LogP contribution in [0, 0.1) is 23.2 Å². The van der Waals surface area contributed by atoms with Gasteiger partial charge < -0.3 is 9.64 Å². The van der Waals surface area contributed by atoms with Crippen LogP contribution in [0.25, 0.3) is 0 Å². The third kappa shape index (κ3) is 2.94. The van der Waals surface area contributed by atoms with E-state index in [1.165, 1.54) is 50.5 Å². The number of likely N-dealkylation sites (tertiary alicyclic amines) is 1. The largest absolute Gasteiger partial charge is 0.462 e. The van der Waals surface area contributed by atoms with Crippen molar-refractivity contribution in [3.63, 3.8) is 0 Å². The van der Waals surface area contributed by atoms with Crippen LogP contribution >= 0.6 is 0 Å². The van der Waals surface area contributed by atoms with Crippen molar-refractivity contribution in [3.05, 3.63) is 12.2 Å². The molecule has 0 radical (unpaired) electrons. The molecule has 2 heterocycles. The van der Waals surface area contributed by atoms with Gasteiger partial charge in [-0.2, -0.15) is 0 Å². The zero-order valence-electron chi connectivity index (χ0n) is 15.3. The molecule has 5 atom stereocenters. The van der Waals surface area contributed by atoms with Crippen LogP contribution in [0.4, 0.5) is 0 Å². The van der Waals surface area contributed by atoms with Gasteiger partial charge in [-0.15, -0.1) is 0 Å². The number of ether oxygens (including phenoxy) is 1. The normalized spacial score (nSPS) is 43.7. The minimum Gasteiger partial charge on any atom is -0.462 e. The van der Waals surface area contributed by atoms with Gasteiger partial charge in [0.25, 0.3) is 0 Å². The van der Waals surface area contributed by atoms with Crippen LogP contribution in [-0.2, 0) is 9.53 Å². The lowest BCUT2D eigenvalue weighted by atomic mass is 9.55. The van der Waals surface area contributed by atoms with E-state index in [9.17, 15) is 4.79 Å². The highest BCUT2D eigenvalue weighted by Crippen LogP contribution is 2.56. The Labute approximate surface area is 146 Å². The molecule has 4 aliphatic rings. The van der Waals surface area contributed by atoms with E-state index in [-0.39, 0.29) is 18.0 Å². The van der Waals surface area contributed by atoms with Crippen molar-refractivity contribution < 1.29 is 9.53 Å². The molecule has 0 N–H and O–H groups in total. The summed E-state index contributed by atoms with van der Waals surface area (Å²) in [6.07, 6.45) is 11.3. The van der Waals surface area contributed by atoms with Crippen LogP contribution in [0.1, 0.15) is 64.7 Å². The Morgan fingerprint density at radius 1 is 1.21 bits per heavy atom. The standard InChI is InChI=1S/C21H33NO2/c1-15-8-7-9-21(2)13-19-16(12-18(15)21)17(20(23)24-19)14-22-10-5-3-4-6-11-22/h16-19H,1,3-14H2,2H3/t16-,17+,18-,19-,21-/m1/s1. The van der Waals surface area contributed by atoms with Crippen LogP contribution in [-0.4, -0.2) is 36.6 Å². The van der Waals surface area contributed by atoms with Gasteiger partial charge in [-0.25, -0.2) is 0 Å². The first kappa shape index (κ1) is 16.6. The summed E-state index contributed by atoms with van der Waals surface area (Å²) in [4.78, 5) is 15.2. The molecule has 0 bridgehead atoms. The molecule has 0 aromatic heterocycles. The van der Waals surface area contributed by atoms with Crippen molar-refractivity contribution in [1.29, 1.82) is 0 Å². The van der Waals surface area contributed by atoms with Crippen LogP contribution in [0.5, 0.6) is 0 Å². The molecule has 0 aromatic rings. The summed E-state index contributed by atoms with van der Waals surface area (Å²) in [6.45, 7) is 10.1. The molecule has 2 aliphatic heterocycles. The Bertz CT molecular complexity index is 508. The quantitative estimate of drug-likeness (QED) is 0.562. The minimum absolute atomic E-state index is 0.0853. The summed E-state index contributed by atoms with van der Waals surface area (Å²) in [5.41, 5.74) is 1.75. The van der Waals surface area contributed by atoms with E-state index in [1.54, 1.807) is 0 Å². The number of hydrogen-bond acceptors (Lipinski definition) is 3. The van der Waals surface area contributed by atoms with Gasteiger partial charge in [-0.05, 0) is 69.4 Å². The van der Waals surface area contributed by atoms with Gasteiger partial charge in [0.2, 0.25) is 0 Å². The molecule has 2 aliphatic carbocycles. The lowest BCUT2D eigenvalue weighted by Crippen LogP contribution is -2.45. The molecule has 3 heteroatoms. The highest BCUT2D eigenvalue weighted by atomic mass is 16.6. The third-order valence-electron chi connectivity index (χ3n) is 7.47. The van der Waals surface area contributed by atoms with Gasteiger partial charge in [0.1, 0.15) is 6.10 Å². The summed E-state index contributed by atoms with van der Waals surface area (Å²) in [5.74, 6) is 1.22. The molecule has 0 amide bonds. The molecule has 134 valence electrons. The van der Waals surface area contributed by atoms with E-state index in [4.69, 9.17) is 4.74 Å². The van der Waals surface area contributed by atoms with Crippen molar-refractivity contribution in [2.45, 2.75) is 70.8 Å². The fourth-order valence-corrected chi connectivity index (χ4v) is 6.06. The Hall–Kier alpha value is -0.830. The summed E-state index contributed by atoms with van der Waals surface area (Å²) >= 11 is 0. The highest BCUT2D eigenvalue weighted by molar-refractivity contribution is 5.75. The maximum atomic E-state index is 12.6. The maximum absolute atomic E-state index is 12.6. The van der Waals surface area contributed by atoms with Gasteiger partial charge in [-0.3, -0.25) is 4.79 Å². The summed E-state index contributed by atoms with van der Waals surface area (Å²) in [6, 6.07) is 0. The van der Waals surface area contributed by atoms with Gasteiger partial charge in [0.05, 0.1) is 5.92 Å². The fourth-order valence-electron chi connectivity index (χ4n) is 6.06. The van der Waals surface area contributed by atoms with E-state index in [0.717, 1.165) is 32.5 Å². The first-order valence-corrected chi connectivity index (χ1v) is 10.2. The van der Waals surface area contributed by atoms with Gasteiger partial charge in [0, 0.05) is 12.5 Å². The lowest BCUT2D eigenvalue weighted by Gasteiger charge is -2.50. The number of esters is 1. The SMILES string of the molecule is C=C1CCC[C@]2(C)C[C@H]3OC(=O)[C@@H](CN4CCCCCC4)[C@H]3C[C@H]12. The second kappa shape index (κ2) is 6.48. The van der Waals surface area contributed by atoms with Crippen LogP contribution in [0.15, 0.2) is 12.2 Å². The number of carbonyl (C=O) groups is 1. The number of hydrogen-bond donors (Lipinski definition) is 0. The number of allylic oxidation sites excluding steroid dienone is 1. The van der Waals surface area contributed by atoms with E-state index >= 15 is 0 Å². The first-order chi connectivity index (χ1) is 11.6. The van der Waals surface area contributed by atoms with Crippen molar-refractivity contribution in [2.75, 3.05) is 19.6 Å².